The van der Waals surface area contributed by atoms with Crippen LogP contribution < -0.4 is 14.8 Å². The third kappa shape index (κ3) is 4.36. The number of hydrogen-bond donors (Lipinski definition) is 1. The van der Waals surface area contributed by atoms with Crippen molar-refractivity contribution in [2.24, 2.45) is 0 Å². The Balaban J connectivity index is 1.43. The lowest BCUT2D eigenvalue weighted by molar-refractivity contribution is -0.123. The van der Waals surface area contributed by atoms with E-state index in [2.05, 4.69) is 10.2 Å². The van der Waals surface area contributed by atoms with Gasteiger partial charge in [-0.15, -0.1) is 0 Å². The fraction of sp³-hybridized carbons (Fsp3) is 0.588. The lowest BCUT2D eigenvalue weighted by atomic mass is 10.1. The molecule has 2 atom stereocenters. The van der Waals surface area contributed by atoms with Crippen molar-refractivity contribution < 1.29 is 19.0 Å². The summed E-state index contributed by atoms with van der Waals surface area (Å²) in [6, 6.07) is 7.50. The zero-order valence-electron chi connectivity index (χ0n) is 13.5. The Hall–Kier alpha value is -1.79. The molecule has 0 radical (unpaired) electrons. The van der Waals surface area contributed by atoms with E-state index in [1.54, 1.807) is 0 Å². The fourth-order valence-electron chi connectivity index (χ4n) is 2.79. The van der Waals surface area contributed by atoms with Crippen LogP contribution in [0.4, 0.5) is 0 Å². The number of rotatable bonds is 5. The van der Waals surface area contributed by atoms with Gasteiger partial charge in [0.15, 0.2) is 17.6 Å². The average Bonchev–Trinajstić information content (AvgIpc) is 2.60. The molecule has 3 rings (SSSR count). The molecule has 1 N–H and O–H groups in total. The van der Waals surface area contributed by atoms with Gasteiger partial charge in [-0.2, -0.15) is 0 Å². The predicted molar refractivity (Wildman–Crippen MR) is 85.8 cm³/mol. The molecule has 0 spiro atoms. The van der Waals surface area contributed by atoms with Crippen LogP contribution in [-0.4, -0.2) is 62.4 Å². The Morgan fingerprint density at radius 2 is 2.04 bits per heavy atom. The number of amides is 1. The molecule has 1 aromatic rings. The molecule has 0 bridgehead atoms. The standard InChI is InChI=1S/C17H24N2O4/c1-13(16-12-22-14-4-2-3-5-15(14)23-16)18-17(20)6-7-19-8-10-21-11-9-19/h2-5,13,16H,6-12H2,1H3,(H,18,20). The van der Waals surface area contributed by atoms with Crippen molar-refractivity contribution >= 4 is 5.91 Å². The first-order chi connectivity index (χ1) is 11.2. The first-order valence-corrected chi connectivity index (χ1v) is 8.20. The maximum absolute atomic E-state index is 12.1. The molecule has 6 nitrogen and oxygen atoms in total. The quantitative estimate of drug-likeness (QED) is 0.879. The molecule has 1 saturated heterocycles. The fourth-order valence-corrected chi connectivity index (χ4v) is 2.79. The van der Waals surface area contributed by atoms with Gasteiger partial charge in [0, 0.05) is 26.1 Å². The number of nitrogens with zero attached hydrogens (tertiary/aromatic N) is 1. The van der Waals surface area contributed by atoms with E-state index < -0.39 is 0 Å². The van der Waals surface area contributed by atoms with E-state index in [4.69, 9.17) is 14.2 Å². The van der Waals surface area contributed by atoms with E-state index in [0.717, 1.165) is 44.3 Å². The normalized spacial score (nSPS) is 22.4. The first-order valence-electron chi connectivity index (χ1n) is 8.20. The van der Waals surface area contributed by atoms with Gasteiger partial charge in [0.1, 0.15) is 6.61 Å². The molecule has 2 heterocycles. The zero-order valence-corrected chi connectivity index (χ0v) is 13.5. The molecule has 1 aromatic carbocycles. The number of hydrogen-bond acceptors (Lipinski definition) is 5. The molecule has 2 aliphatic rings. The van der Waals surface area contributed by atoms with E-state index in [1.165, 1.54) is 0 Å². The van der Waals surface area contributed by atoms with E-state index in [0.29, 0.717) is 13.0 Å². The highest BCUT2D eigenvalue weighted by Crippen LogP contribution is 2.31. The second kappa shape index (κ2) is 7.66. The van der Waals surface area contributed by atoms with Gasteiger partial charge in [-0.25, -0.2) is 0 Å². The lowest BCUT2D eigenvalue weighted by Crippen LogP contribution is -2.48. The molecule has 23 heavy (non-hydrogen) atoms. The summed E-state index contributed by atoms with van der Waals surface area (Å²) in [6.07, 6.45) is 0.325. The minimum absolute atomic E-state index is 0.0476. The average molecular weight is 320 g/mol. The number of para-hydroxylation sites is 2. The van der Waals surface area contributed by atoms with Gasteiger partial charge in [-0.1, -0.05) is 12.1 Å². The van der Waals surface area contributed by atoms with E-state index in [9.17, 15) is 4.79 Å². The Labute approximate surface area is 136 Å². The van der Waals surface area contributed by atoms with Crippen molar-refractivity contribution in [1.82, 2.24) is 10.2 Å². The third-order valence-corrected chi connectivity index (χ3v) is 4.24. The summed E-state index contributed by atoms with van der Waals surface area (Å²) in [5.74, 6) is 1.54. The molecular weight excluding hydrogens is 296 g/mol. The highest BCUT2D eigenvalue weighted by Gasteiger charge is 2.27. The second-order valence-corrected chi connectivity index (χ2v) is 5.97. The molecule has 1 amide bonds. The van der Waals surface area contributed by atoms with Crippen molar-refractivity contribution in [2.45, 2.75) is 25.5 Å². The minimum atomic E-state index is -0.169. The van der Waals surface area contributed by atoms with Crippen LogP contribution in [0.2, 0.25) is 0 Å². The van der Waals surface area contributed by atoms with Gasteiger partial charge >= 0.3 is 0 Å². The lowest BCUT2D eigenvalue weighted by Gasteiger charge is -2.31. The molecular formula is C17H24N2O4. The smallest absolute Gasteiger partial charge is 0.221 e. The van der Waals surface area contributed by atoms with Crippen LogP contribution in [0, 0.1) is 0 Å². The van der Waals surface area contributed by atoms with Crippen molar-refractivity contribution in [3.8, 4) is 11.5 Å². The molecule has 2 unspecified atom stereocenters. The van der Waals surface area contributed by atoms with Crippen molar-refractivity contribution in [2.75, 3.05) is 39.5 Å². The summed E-state index contributed by atoms with van der Waals surface area (Å²) in [7, 11) is 0. The van der Waals surface area contributed by atoms with Crippen molar-refractivity contribution in [3.05, 3.63) is 24.3 Å². The first kappa shape index (κ1) is 16.1. The Morgan fingerprint density at radius 3 is 2.83 bits per heavy atom. The molecule has 0 saturated carbocycles. The van der Waals surface area contributed by atoms with Gasteiger partial charge in [0.2, 0.25) is 5.91 Å². The Bertz CT molecular complexity index is 531. The molecule has 126 valence electrons. The van der Waals surface area contributed by atoms with Gasteiger partial charge < -0.3 is 19.5 Å². The predicted octanol–water partition coefficient (Wildman–Crippen LogP) is 1.05. The minimum Gasteiger partial charge on any atom is -0.486 e. The highest BCUT2D eigenvalue weighted by molar-refractivity contribution is 5.76. The van der Waals surface area contributed by atoms with E-state index >= 15 is 0 Å². The van der Waals surface area contributed by atoms with Crippen LogP contribution in [0.1, 0.15) is 13.3 Å². The number of nitrogens with one attached hydrogen (secondary N) is 1. The van der Waals surface area contributed by atoms with Crippen LogP contribution in [0.3, 0.4) is 0 Å². The Kier molecular flexibility index (Phi) is 5.35. The molecule has 6 heteroatoms. The summed E-state index contributed by atoms with van der Waals surface area (Å²) < 4.78 is 16.9. The topological polar surface area (TPSA) is 60.0 Å². The van der Waals surface area contributed by atoms with E-state index in [1.807, 2.05) is 31.2 Å². The number of fused-ring (bicyclic) bond motifs is 1. The number of carbonyl (C=O) groups is 1. The summed E-state index contributed by atoms with van der Waals surface area (Å²) in [6.45, 7) is 6.48. The van der Waals surface area contributed by atoms with Crippen LogP contribution in [0.15, 0.2) is 24.3 Å². The second-order valence-electron chi connectivity index (χ2n) is 5.97. The molecule has 0 aliphatic carbocycles. The summed E-state index contributed by atoms with van der Waals surface area (Å²) in [5, 5.41) is 3.02. The number of carbonyl (C=O) groups excluding carboxylic acids is 1. The zero-order chi connectivity index (χ0) is 16.1. The number of ether oxygens (including phenoxy) is 3. The highest BCUT2D eigenvalue weighted by atomic mass is 16.6. The van der Waals surface area contributed by atoms with Gasteiger partial charge in [0.25, 0.3) is 0 Å². The largest absolute Gasteiger partial charge is 0.486 e. The maximum Gasteiger partial charge on any atom is 0.221 e. The van der Waals surface area contributed by atoms with Gasteiger partial charge in [-0.05, 0) is 19.1 Å². The third-order valence-electron chi connectivity index (χ3n) is 4.24. The SMILES string of the molecule is CC(NC(=O)CCN1CCOCC1)C1COc2ccccc2O1. The van der Waals surface area contributed by atoms with Gasteiger partial charge in [0.05, 0.1) is 19.3 Å². The van der Waals surface area contributed by atoms with E-state index in [-0.39, 0.29) is 18.1 Å². The van der Waals surface area contributed by atoms with Crippen LogP contribution >= 0.6 is 0 Å². The number of benzene rings is 1. The monoisotopic (exact) mass is 320 g/mol. The summed E-state index contributed by atoms with van der Waals surface area (Å²) in [4.78, 5) is 14.4. The van der Waals surface area contributed by atoms with Crippen LogP contribution in [0.25, 0.3) is 0 Å². The molecule has 1 fully saturated rings. The molecule has 2 aliphatic heterocycles. The van der Waals surface area contributed by atoms with Crippen molar-refractivity contribution in [1.29, 1.82) is 0 Å². The summed E-state index contributed by atoms with van der Waals surface area (Å²) >= 11 is 0. The summed E-state index contributed by atoms with van der Waals surface area (Å²) in [5.41, 5.74) is 0. The van der Waals surface area contributed by atoms with Crippen LogP contribution in [-0.2, 0) is 9.53 Å². The van der Waals surface area contributed by atoms with Gasteiger partial charge in [-0.3, -0.25) is 9.69 Å². The van der Waals surface area contributed by atoms with Crippen LogP contribution in [0.5, 0.6) is 11.5 Å². The maximum atomic E-state index is 12.1. The van der Waals surface area contributed by atoms with Crippen molar-refractivity contribution in [3.63, 3.8) is 0 Å². The molecule has 0 aromatic heterocycles. The number of morpholine rings is 1. The Morgan fingerprint density at radius 1 is 1.30 bits per heavy atom.